The van der Waals surface area contributed by atoms with Crippen LogP contribution >= 0.6 is 23.4 Å². The lowest BCUT2D eigenvalue weighted by Gasteiger charge is -2.50. The summed E-state index contributed by atoms with van der Waals surface area (Å²) >= 11 is 7.33. The highest BCUT2D eigenvalue weighted by Gasteiger charge is 2.61. The minimum atomic E-state index is -2.13. The van der Waals surface area contributed by atoms with E-state index in [0.717, 1.165) is 4.91 Å². The Morgan fingerprint density at radius 3 is 2.43 bits per heavy atom. The molecule has 0 saturated carbocycles. The highest BCUT2D eigenvalue weighted by molar-refractivity contribution is 8.03. The predicted molar refractivity (Wildman–Crippen MR) is 169 cm³/mol. The Hall–Kier alpha value is -1.79. The van der Waals surface area contributed by atoms with Crippen molar-refractivity contribution in [3.63, 3.8) is 0 Å². The number of alkyl halides is 1. The lowest BCUT2D eigenvalue weighted by Crippen LogP contribution is -2.65. The first-order valence-electron chi connectivity index (χ1n) is 14.6. The van der Waals surface area contributed by atoms with Gasteiger partial charge in [-0.05, 0) is 31.5 Å². The van der Waals surface area contributed by atoms with Gasteiger partial charge in [-0.2, -0.15) is 0 Å². The number of nitrogens with zero attached hydrogens (tertiary/aromatic N) is 2. The number of likely N-dealkylation sites (tertiary alicyclic amines) is 1. The number of carbonyl (C=O) groups excluding carboxylic acids is 3. The van der Waals surface area contributed by atoms with E-state index in [9.17, 15) is 14.4 Å². The fourth-order valence-electron chi connectivity index (χ4n) is 5.58. The molecule has 0 unspecified atom stereocenters. The molecule has 42 heavy (non-hydrogen) atoms. The van der Waals surface area contributed by atoms with Crippen molar-refractivity contribution in [2.24, 2.45) is 11.8 Å². The van der Waals surface area contributed by atoms with E-state index in [0.29, 0.717) is 37.8 Å². The first-order valence-corrected chi connectivity index (χ1v) is 18.9. The van der Waals surface area contributed by atoms with Crippen LogP contribution in [-0.2, 0) is 28.2 Å². The van der Waals surface area contributed by atoms with Crippen molar-refractivity contribution in [3.8, 4) is 0 Å². The van der Waals surface area contributed by atoms with Gasteiger partial charge in [-0.25, -0.2) is 9.59 Å². The lowest BCUT2D eigenvalue weighted by molar-refractivity contribution is -0.163. The maximum absolute atomic E-state index is 13.7. The number of hydrogen-bond acceptors (Lipinski definition) is 8. The smallest absolute Gasteiger partial charge is 0.410 e. The van der Waals surface area contributed by atoms with Crippen LogP contribution in [0.15, 0.2) is 35.9 Å². The highest BCUT2D eigenvalue weighted by atomic mass is 35.5. The van der Waals surface area contributed by atoms with E-state index in [1.165, 1.54) is 23.9 Å². The van der Waals surface area contributed by atoms with Crippen LogP contribution in [0, 0.1) is 11.8 Å². The van der Waals surface area contributed by atoms with E-state index in [2.05, 4.69) is 53.9 Å². The van der Waals surface area contributed by atoms with E-state index >= 15 is 0 Å². The lowest BCUT2D eigenvalue weighted by atomic mass is 9.79. The average Bonchev–Trinajstić information content (AvgIpc) is 3.42. The normalized spacial score (nSPS) is 26.6. The van der Waals surface area contributed by atoms with Gasteiger partial charge in [0, 0.05) is 28.5 Å². The van der Waals surface area contributed by atoms with E-state index in [4.69, 9.17) is 30.2 Å². The molecule has 9 nitrogen and oxygen atoms in total. The largest absolute Gasteiger partial charge is 0.457 e. The third-order valence-electron chi connectivity index (χ3n) is 8.67. The molecule has 0 radical (unpaired) electrons. The Balaban J connectivity index is 1.86. The number of fused-ring (bicyclic) bond motifs is 1. The number of thioether (sulfide) groups is 1. The number of carbonyl (C=O) groups is 3. The van der Waals surface area contributed by atoms with Gasteiger partial charge < -0.3 is 28.4 Å². The number of β-lactam (4-membered cyclic amide) rings is 1. The molecule has 6 atom stereocenters. The summed E-state index contributed by atoms with van der Waals surface area (Å²) in [6.07, 6.45) is 2.94. The minimum Gasteiger partial charge on any atom is -0.457 e. The predicted octanol–water partition coefficient (Wildman–Crippen LogP) is 5.57. The summed E-state index contributed by atoms with van der Waals surface area (Å²) in [5.41, 5.74) is 0.294. The Morgan fingerprint density at radius 1 is 1.19 bits per heavy atom. The SMILES string of the molecule is C=CCOC(=O)C1=C(S[C@H]2C[C@@H](COCCCl)N(C(=O)OCC=C)C2)[C@H](C)[C@@H]2[C@@H]([C@@H](C)O[Si](C)(C)C(C)(C)C)C(=O)N12. The quantitative estimate of drug-likeness (QED) is 0.0606. The molecule has 0 aromatic heterocycles. The zero-order valence-electron chi connectivity index (χ0n) is 26.0. The second-order valence-corrected chi connectivity index (χ2v) is 19.1. The molecule has 0 aromatic rings. The van der Waals surface area contributed by atoms with Gasteiger partial charge >= 0.3 is 12.1 Å². The van der Waals surface area contributed by atoms with Crippen molar-refractivity contribution < 1.29 is 33.0 Å². The van der Waals surface area contributed by atoms with Gasteiger partial charge in [-0.1, -0.05) is 53.0 Å². The standard InChI is InChI=1S/C30H47ClN2O7SSi/c1-10-13-38-28(35)25-26(41-22-16-21(18-37-15-12-31)32(17-22)29(36)39-14-11-2)19(3)24-23(27(34)33(24)25)20(4)40-42(8,9)30(5,6)7/h10-11,19-24H,1-2,12-18H2,3-9H3/t19-,20-,21+,22+,23-,24-/m1/s1. The molecule has 2 saturated heterocycles. The summed E-state index contributed by atoms with van der Waals surface area (Å²) in [7, 11) is -2.13. The van der Waals surface area contributed by atoms with Gasteiger partial charge in [0.2, 0.25) is 5.91 Å². The second-order valence-electron chi connectivity index (χ2n) is 12.6. The van der Waals surface area contributed by atoms with Crippen molar-refractivity contribution in [1.29, 1.82) is 0 Å². The van der Waals surface area contributed by atoms with Gasteiger partial charge in [-0.3, -0.25) is 4.79 Å². The molecule has 12 heteroatoms. The molecule has 0 bridgehead atoms. The Morgan fingerprint density at radius 2 is 1.83 bits per heavy atom. The molecule has 2 fully saturated rings. The number of amides is 2. The summed E-state index contributed by atoms with van der Waals surface area (Å²) < 4.78 is 23.1. The molecule has 0 N–H and O–H groups in total. The summed E-state index contributed by atoms with van der Waals surface area (Å²) in [5, 5.41) is -0.0437. The molecule has 3 aliphatic heterocycles. The molecule has 3 heterocycles. The number of ether oxygens (including phenoxy) is 3. The van der Waals surface area contributed by atoms with Crippen LogP contribution in [0.2, 0.25) is 18.1 Å². The molecule has 0 aliphatic carbocycles. The van der Waals surface area contributed by atoms with Crippen molar-refractivity contribution >= 4 is 49.6 Å². The molecular weight excluding hydrogens is 596 g/mol. The van der Waals surface area contributed by atoms with E-state index in [1.807, 2.05) is 6.92 Å². The van der Waals surface area contributed by atoms with Crippen LogP contribution in [0.25, 0.3) is 0 Å². The first kappa shape index (κ1) is 34.7. The maximum atomic E-state index is 13.7. The Bertz CT molecular complexity index is 1080. The van der Waals surface area contributed by atoms with Crippen LogP contribution in [0.1, 0.15) is 41.0 Å². The summed E-state index contributed by atoms with van der Waals surface area (Å²) in [6, 6.07) is -0.412. The van der Waals surface area contributed by atoms with E-state index in [1.54, 1.807) is 9.80 Å². The fraction of sp³-hybridized carbons (Fsp3) is 0.700. The molecule has 0 aromatic carbocycles. The number of halogens is 1. The zero-order chi connectivity index (χ0) is 31.4. The van der Waals surface area contributed by atoms with Crippen LogP contribution < -0.4 is 0 Å². The molecule has 3 aliphatic rings. The summed E-state index contributed by atoms with van der Waals surface area (Å²) in [4.78, 5) is 43.9. The van der Waals surface area contributed by atoms with Crippen molar-refractivity contribution in [2.45, 2.75) is 82.6 Å². The van der Waals surface area contributed by atoms with Crippen molar-refractivity contribution in [3.05, 3.63) is 35.9 Å². The van der Waals surface area contributed by atoms with Gasteiger partial charge in [0.25, 0.3) is 0 Å². The molecule has 2 amide bonds. The van der Waals surface area contributed by atoms with E-state index in [-0.39, 0.29) is 59.4 Å². The van der Waals surface area contributed by atoms with E-state index < -0.39 is 20.4 Å². The van der Waals surface area contributed by atoms with Crippen molar-refractivity contribution in [1.82, 2.24) is 9.80 Å². The van der Waals surface area contributed by atoms with Crippen LogP contribution in [0.4, 0.5) is 4.79 Å². The van der Waals surface area contributed by atoms with Crippen LogP contribution in [-0.4, -0.2) is 98.4 Å². The van der Waals surface area contributed by atoms with Gasteiger partial charge in [0.15, 0.2) is 8.32 Å². The molecule has 0 spiro atoms. The fourth-order valence-corrected chi connectivity index (χ4v) is 8.68. The van der Waals surface area contributed by atoms with Crippen LogP contribution in [0.3, 0.4) is 0 Å². The molecule has 236 valence electrons. The third-order valence-corrected chi connectivity index (χ3v) is 14.9. The maximum Gasteiger partial charge on any atom is 0.410 e. The monoisotopic (exact) mass is 642 g/mol. The summed E-state index contributed by atoms with van der Waals surface area (Å²) in [5.74, 6) is -0.773. The van der Waals surface area contributed by atoms with Gasteiger partial charge in [-0.15, -0.1) is 23.4 Å². The number of hydrogen-bond donors (Lipinski definition) is 0. The van der Waals surface area contributed by atoms with Crippen molar-refractivity contribution in [2.75, 3.05) is 38.9 Å². The van der Waals surface area contributed by atoms with Crippen LogP contribution in [0.5, 0.6) is 0 Å². The van der Waals surface area contributed by atoms with Gasteiger partial charge in [0.1, 0.15) is 18.9 Å². The Labute approximate surface area is 261 Å². The number of esters is 1. The molecule has 3 rings (SSSR count). The minimum absolute atomic E-state index is 0.000854. The Kier molecular flexibility index (Phi) is 11.8. The number of rotatable bonds is 14. The van der Waals surface area contributed by atoms with Gasteiger partial charge in [0.05, 0.1) is 37.3 Å². The zero-order valence-corrected chi connectivity index (χ0v) is 28.6. The first-order chi connectivity index (χ1) is 19.7. The topological polar surface area (TPSA) is 94.6 Å². The highest BCUT2D eigenvalue weighted by Crippen LogP contribution is 2.53. The second kappa shape index (κ2) is 14.3. The summed E-state index contributed by atoms with van der Waals surface area (Å²) in [6.45, 7) is 23.4. The third kappa shape index (κ3) is 7.29. The average molecular weight is 643 g/mol. The molecular formula is C30H47ClN2O7SSi.